The molecule has 0 amide bonds. The third-order valence-electron chi connectivity index (χ3n) is 4.51. The molecule has 105 valence electrons. The van der Waals surface area contributed by atoms with Crippen molar-refractivity contribution in [2.75, 3.05) is 0 Å². The van der Waals surface area contributed by atoms with Gasteiger partial charge in [0.2, 0.25) is 0 Å². The molecule has 2 rings (SSSR count). The van der Waals surface area contributed by atoms with Crippen molar-refractivity contribution < 1.29 is 0 Å². The van der Waals surface area contributed by atoms with Crippen molar-refractivity contribution >= 4 is 0 Å². The zero-order chi connectivity index (χ0) is 12.8. The lowest BCUT2D eigenvalue weighted by atomic mass is 9.88. The van der Waals surface area contributed by atoms with Crippen LogP contribution in [0.25, 0.3) is 0 Å². The van der Waals surface area contributed by atoms with Crippen LogP contribution in [0.5, 0.6) is 0 Å². The molecule has 0 aromatic carbocycles. The van der Waals surface area contributed by atoms with Gasteiger partial charge >= 0.3 is 0 Å². The lowest BCUT2D eigenvalue weighted by Gasteiger charge is -2.35. The summed E-state index contributed by atoms with van der Waals surface area (Å²) < 4.78 is 0. The van der Waals surface area contributed by atoms with Gasteiger partial charge in [0.1, 0.15) is 0 Å². The molecule has 0 aromatic rings. The van der Waals surface area contributed by atoms with E-state index in [4.69, 9.17) is 5.73 Å². The quantitative estimate of drug-likeness (QED) is 0.705. The zero-order valence-electron chi connectivity index (χ0n) is 11.8. The zero-order valence-corrected chi connectivity index (χ0v) is 11.8. The van der Waals surface area contributed by atoms with Crippen molar-refractivity contribution in [3.63, 3.8) is 0 Å². The van der Waals surface area contributed by atoms with E-state index in [1.54, 1.807) is 0 Å². The lowest BCUT2D eigenvalue weighted by Crippen LogP contribution is -2.51. The molecule has 3 nitrogen and oxygen atoms in total. The Balaban J connectivity index is 1.68. The van der Waals surface area contributed by atoms with Gasteiger partial charge in [-0.1, -0.05) is 26.2 Å². The number of hydrogen-bond donors (Lipinski definition) is 3. The van der Waals surface area contributed by atoms with Crippen LogP contribution in [0.15, 0.2) is 0 Å². The Morgan fingerprint density at radius 2 is 2.06 bits per heavy atom. The van der Waals surface area contributed by atoms with Gasteiger partial charge in [0.05, 0.1) is 6.17 Å². The molecule has 2 atom stereocenters. The van der Waals surface area contributed by atoms with Crippen LogP contribution in [0.1, 0.15) is 64.7 Å². The van der Waals surface area contributed by atoms with Crippen molar-refractivity contribution in [3.05, 3.63) is 6.54 Å². The monoisotopic (exact) mass is 252 g/mol. The first-order valence-electron chi connectivity index (χ1n) is 7.87. The third-order valence-corrected chi connectivity index (χ3v) is 4.51. The second-order valence-corrected chi connectivity index (χ2v) is 6.18. The lowest BCUT2D eigenvalue weighted by molar-refractivity contribution is 0.234. The van der Waals surface area contributed by atoms with Crippen LogP contribution in [0.4, 0.5) is 0 Å². The second kappa shape index (κ2) is 7.46. The molecule has 1 aliphatic heterocycles. The van der Waals surface area contributed by atoms with Crippen molar-refractivity contribution in [3.8, 4) is 0 Å². The average Bonchev–Trinajstić information content (AvgIpc) is 2.40. The predicted octanol–water partition coefficient (Wildman–Crippen LogP) is 2.52. The molecule has 4 N–H and O–H groups in total. The summed E-state index contributed by atoms with van der Waals surface area (Å²) in [5.41, 5.74) is 5.96. The van der Waals surface area contributed by atoms with Crippen molar-refractivity contribution in [2.24, 2.45) is 11.7 Å². The molecule has 2 fully saturated rings. The van der Waals surface area contributed by atoms with E-state index in [0.29, 0.717) is 18.2 Å². The number of nitrogens with two attached hydrogens (primary N) is 1. The summed E-state index contributed by atoms with van der Waals surface area (Å²) in [5, 5.41) is 7.30. The van der Waals surface area contributed by atoms with Crippen LogP contribution >= 0.6 is 0 Å². The Hall–Kier alpha value is -0.120. The minimum Gasteiger partial charge on any atom is -0.328 e. The summed E-state index contributed by atoms with van der Waals surface area (Å²) >= 11 is 0. The minimum atomic E-state index is 0.450. The molecule has 1 saturated carbocycles. The third kappa shape index (κ3) is 4.52. The van der Waals surface area contributed by atoms with E-state index in [0.717, 1.165) is 5.92 Å². The fraction of sp³-hybridized carbons (Fsp3) is 0.933. The number of unbranched alkanes of at least 4 members (excludes halogenated alkanes) is 1. The van der Waals surface area contributed by atoms with Crippen LogP contribution in [-0.2, 0) is 0 Å². The van der Waals surface area contributed by atoms with Crippen molar-refractivity contribution in [1.29, 1.82) is 0 Å². The normalized spacial score (nSPS) is 37.7. The van der Waals surface area contributed by atoms with Crippen LogP contribution in [-0.4, -0.2) is 18.2 Å². The fourth-order valence-corrected chi connectivity index (χ4v) is 3.29. The van der Waals surface area contributed by atoms with E-state index in [1.165, 1.54) is 57.8 Å². The van der Waals surface area contributed by atoms with E-state index >= 15 is 0 Å². The van der Waals surface area contributed by atoms with E-state index in [1.807, 2.05) is 0 Å². The Bertz CT molecular complexity index is 224. The van der Waals surface area contributed by atoms with E-state index < -0.39 is 0 Å². The topological polar surface area (TPSA) is 50.1 Å². The summed E-state index contributed by atoms with van der Waals surface area (Å²) in [7, 11) is 0. The van der Waals surface area contributed by atoms with Gasteiger partial charge in [-0.15, -0.1) is 0 Å². The maximum Gasteiger partial charge on any atom is 0.0579 e. The molecule has 3 heteroatoms. The maximum atomic E-state index is 5.96. The van der Waals surface area contributed by atoms with Gasteiger partial charge in [-0.25, -0.2) is 0 Å². The number of rotatable bonds is 5. The molecule has 2 unspecified atom stereocenters. The molecular formula is C15H30N3. The Labute approximate surface area is 112 Å². The largest absolute Gasteiger partial charge is 0.328 e. The number of nitrogens with one attached hydrogen (secondary N) is 2. The van der Waals surface area contributed by atoms with Gasteiger partial charge in [0, 0.05) is 18.6 Å². The molecule has 1 radical (unpaired) electrons. The van der Waals surface area contributed by atoms with Gasteiger partial charge < -0.3 is 5.73 Å². The number of piperidine rings is 1. The van der Waals surface area contributed by atoms with E-state index in [9.17, 15) is 0 Å². The standard InChI is InChI=1S/C15H30N3/c1-2-3-4-12-9-10-17-15(11-12)18-14-7-5-13(16)6-8-14/h10,12-15,17-18H,2-9,11,16H2,1H3. The van der Waals surface area contributed by atoms with Gasteiger partial charge in [-0.3, -0.25) is 10.6 Å². The Morgan fingerprint density at radius 3 is 2.78 bits per heavy atom. The highest BCUT2D eigenvalue weighted by atomic mass is 15.1. The highest BCUT2D eigenvalue weighted by Gasteiger charge is 2.25. The SMILES string of the molecule is CCCCC1C[CH]NC(NC2CCC(N)CC2)C1. The van der Waals surface area contributed by atoms with Crippen LogP contribution in [0, 0.1) is 12.5 Å². The molecule has 0 spiro atoms. The summed E-state index contributed by atoms with van der Waals surface area (Å²) in [5.74, 6) is 0.884. The van der Waals surface area contributed by atoms with Gasteiger partial charge in [0.15, 0.2) is 0 Å². The molecule has 1 aliphatic carbocycles. The molecule has 0 bridgehead atoms. The first-order valence-corrected chi connectivity index (χ1v) is 7.87. The molecule has 0 aromatic heterocycles. The van der Waals surface area contributed by atoms with Crippen molar-refractivity contribution in [1.82, 2.24) is 10.6 Å². The first kappa shape index (κ1) is 14.3. The smallest absolute Gasteiger partial charge is 0.0579 e. The predicted molar refractivity (Wildman–Crippen MR) is 76.8 cm³/mol. The van der Waals surface area contributed by atoms with E-state index in [-0.39, 0.29) is 0 Å². The fourth-order valence-electron chi connectivity index (χ4n) is 3.29. The highest BCUT2D eigenvalue weighted by molar-refractivity contribution is 4.87. The summed E-state index contributed by atoms with van der Waals surface area (Å²) in [6.07, 6.45) is 12.0. The van der Waals surface area contributed by atoms with Gasteiger partial charge in [-0.2, -0.15) is 0 Å². The summed E-state index contributed by atoms with van der Waals surface area (Å²) in [6, 6.07) is 1.13. The molecule has 1 saturated heterocycles. The molecule has 18 heavy (non-hydrogen) atoms. The second-order valence-electron chi connectivity index (χ2n) is 6.18. The van der Waals surface area contributed by atoms with Crippen molar-refractivity contribution in [2.45, 2.75) is 83.0 Å². The Morgan fingerprint density at radius 1 is 1.28 bits per heavy atom. The van der Waals surface area contributed by atoms with Crippen LogP contribution < -0.4 is 16.4 Å². The van der Waals surface area contributed by atoms with Gasteiger partial charge in [0.25, 0.3) is 0 Å². The summed E-state index contributed by atoms with van der Waals surface area (Å²) in [6.45, 7) is 4.56. The van der Waals surface area contributed by atoms with Crippen LogP contribution in [0.2, 0.25) is 0 Å². The minimum absolute atomic E-state index is 0.450. The molecule has 2 aliphatic rings. The Kier molecular flexibility index (Phi) is 5.93. The summed E-state index contributed by atoms with van der Waals surface area (Å²) in [4.78, 5) is 0. The number of hydrogen-bond acceptors (Lipinski definition) is 3. The van der Waals surface area contributed by atoms with Crippen LogP contribution in [0.3, 0.4) is 0 Å². The molecular weight excluding hydrogens is 222 g/mol. The van der Waals surface area contributed by atoms with Gasteiger partial charge in [-0.05, 0) is 44.4 Å². The maximum absolute atomic E-state index is 5.96. The first-order chi connectivity index (χ1) is 8.78. The molecule has 1 heterocycles. The average molecular weight is 252 g/mol. The van der Waals surface area contributed by atoms with E-state index in [2.05, 4.69) is 24.1 Å². The highest BCUT2D eigenvalue weighted by Crippen LogP contribution is 2.24.